The van der Waals surface area contributed by atoms with Gasteiger partial charge in [-0.15, -0.1) is 0 Å². The Bertz CT molecular complexity index is 1970. The number of aromatic nitrogens is 1. The van der Waals surface area contributed by atoms with Crippen molar-refractivity contribution in [3.8, 4) is 11.6 Å². The largest absolute Gasteiger partial charge is 0.488 e. The van der Waals surface area contributed by atoms with Crippen LogP contribution in [0.15, 0.2) is 71.3 Å². The molecule has 50 heavy (non-hydrogen) atoms. The van der Waals surface area contributed by atoms with Gasteiger partial charge in [-0.3, -0.25) is 19.3 Å². The molecule has 3 aromatic carbocycles. The fourth-order valence-corrected chi connectivity index (χ4v) is 8.57. The van der Waals surface area contributed by atoms with Gasteiger partial charge in [-0.2, -0.15) is 0 Å². The van der Waals surface area contributed by atoms with E-state index in [1.54, 1.807) is 25.1 Å². The van der Waals surface area contributed by atoms with Crippen LogP contribution in [0.2, 0.25) is 0 Å². The SMILES string of the molecule is CN(C)C1c2onc(OCc3ccccc3)c2C(=O)C2(O)C(=O)C3C(=O)c4c(OCc5ccccc5)cc(C5CCCN5)c(F)c4CC3CC12. The Balaban J connectivity index is 1.19. The molecule has 10 nitrogen and oxygen atoms in total. The van der Waals surface area contributed by atoms with E-state index in [1.807, 2.05) is 60.7 Å². The van der Waals surface area contributed by atoms with Crippen molar-refractivity contribution < 1.29 is 37.9 Å². The zero-order valence-corrected chi connectivity index (χ0v) is 27.9. The highest BCUT2D eigenvalue weighted by atomic mass is 19.1. The van der Waals surface area contributed by atoms with Gasteiger partial charge in [-0.1, -0.05) is 60.7 Å². The fraction of sp³-hybridized carbons (Fsp3) is 0.385. The van der Waals surface area contributed by atoms with Gasteiger partial charge in [-0.25, -0.2) is 4.39 Å². The minimum Gasteiger partial charge on any atom is -0.488 e. The molecule has 258 valence electrons. The van der Waals surface area contributed by atoms with Crippen molar-refractivity contribution in [3.05, 3.63) is 112 Å². The molecule has 1 aliphatic heterocycles. The molecule has 8 rings (SSSR count). The van der Waals surface area contributed by atoms with Crippen LogP contribution in [0, 0.1) is 23.6 Å². The number of halogens is 1. The van der Waals surface area contributed by atoms with Gasteiger partial charge in [0.2, 0.25) is 5.78 Å². The number of rotatable bonds is 8. The van der Waals surface area contributed by atoms with Crippen molar-refractivity contribution in [3.63, 3.8) is 0 Å². The highest BCUT2D eigenvalue weighted by Crippen LogP contribution is 2.56. The first-order valence-electron chi connectivity index (χ1n) is 17.1. The highest BCUT2D eigenvalue weighted by Gasteiger charge is 2.67. The third-order valence-corrected chi connectivity index (χ3v) is 10.9. The average molecular weight is 680 g/mol. The number of ketones is 3. The minimum absolute atomic E-state index is 0.00166. The van der Waals surface area contributed by atoms with Crippen molar-refractivity contribution in [1.29, 1.82) is 0 Å². The summed E-state index contributed by atoms with van der Waals surface area (Å²) in [5, 5.41) is 19.8. The van der Waals surface area contributed by atoms with Gasteiger partial charge in [-0.05, 0) is 74.6 Å². The molecule has 0 spiro atoms. The molecule has 1 saturated carbocycles. The molecule has 1 aromatic heterocycles. The van der Waals surface area contributed by atoms with Crippen molar-refractivity contribution in [2.75, 3.05) is 20.6 Å². The Kier molecular flexibility index (Phi) is 8.16. The standard InChI is InChI=1S/C39H38FN3O7/c1-43(2)33-26-17-23-16-25-30(28(48-19-21-10-5-3-6-11-21)18-24(32(25)40)27-14-9-15-41-27)34(44)29(23)36(45)39(26,47)37(46)31-35(33)50-42-38(31)49-20-22-12-7-4-8-13-22/h3-8,10-13,18,23,26-27,29,33,41,47H,9,14-17,19-20H2,1-2H3. The monoisotopic (exact) mass is 679 g/mol. The summed E-state index contributed by atoms with van der Waals surface area (Å²) in [5.41, 5.74) is -0.352. The van der Waals surface area contributed by atoms with E-state index in [-0.39, 0.29) is 66.2 Å². The number of nitrogens with one attached hydrogen (secondary N) is 1. The normalized spacial score (nSPS) is 27.1. The van der Waals surface area contributed by atoms with Crippen molar-refractivity contribution in [2.24, 2.45) is 17.8 Å². The first-order chi connectivity index (χ1) is 24.2. The summed E-state index contributed by atoms with van der Waals surface area (Å²) >= 11 is 0. The molecule has 6 atom stereocenters. The van der Waals surface area contributed by atoms with Gasteiger partial charge in [0, 0.05) is 23.1 Å². The Morgan fingerprint density at radius 2 is 1.68 bits per heavy atom. The first kappa shape index (κ1) is 32.5. The van der Waals surface area contributed by atoms with Crippen LogP contribution in [-0.2, 0) is 24.4 Å². The Morgan fingerprint density at radius 1 is 1.00 bits per heavy atom. The van der Waals surface area contributed by atoms with E-state index in [4.69, 9.17) is 14.0 Å². The van der Waals surface area contributed by atoms with Crippen LogP contribution >= 0.6 is 0 Å². The fourth-order valence-electron chi connectivity index (χ4n) is 8.57. The Morgan fingerprint density at radius 3 is 2.32 bits per heavy atom. The number of benzene rings is 3. The van der Waals surface area contributed by atoms with Gasteiger partial charge < -0.3 is 24.4 Å². The predicted octanol–water partition coefficient (Wildman–Crippen LogP) is 5.19. The van der Waals surface area contributed by atoms with E-state index in [2.05, 4.69) is 10.5 Å². The van der Waals surface area contributed by atoms with Crippen LogP contribution in [0.1, 0.15) is 80.1 Å². The topological polar surface area (TPSA) is 131 Å². The van der Waals surface area contributed by atoms with Gasteiger partial charge >= 0.3 is 0 Å². The zero-order valence-electron chi connectivity index (χ0n) is 27.9. The van der Waals surface area contributed by atoms with E-state index in [0.717, 1.165) is 30.5 Å². The molecular weight excluding hydrogens is 641 g/mol. The van der Waals surface area contributed by atoms with Crippen molar-refractivity contribution in [1.82, 2.24) is 15.4 Å². The molecule has 6 unspecified atom stereocenters. The maximum absolute atomic E-state index is 16.6. The van der Waals surface area contributed by atoms with Gasteiger partial charge in [0.15, 0.2) is 22.9 Å². The zero-order chi connectivity index (χ0) is 34.7. The number of nitrogens with zero attached hydrogens (tertiary/aromatic N) is 2. The molecular formula is C39H38FN3O7. The number of ether oxygens (including phenoxy) is 2. The molecule has 1 saturated heterocycles. The number of Topliss-reactive ketones (excluding diaryl/α,β-unsaturated/α-hetero) is 3. The number of hydrogen-bond acceptors (Lipinski definition) is 10. The van der Waals surface area contributed by atoms with E-state index in [9.17, 15) is 19.5 Å². The number of aliphatic hydroxyl groups is 1. The van der Waals surface area contributed by atoms with Gasteiger partial charge in [0.25, 0.3) is 5.88 Å². The van der Waals surface area contributed by atoms with Crippen molar-refractivity contribution in [2.45, 2.75) is 56.6 Å². The molecule has 3 aliphatic carbocycles. The quantitative estimate of drug-likeness (QED) is 0.240. The maximum Gasteiger partial charge on any atom is 0.265 e. The molecule has 2 N–H and O–H groups in total. The number of carbonyl (C=O) groups is 3. The summed E-state index contributed by atoms with van der Waals surface area (Å²) in [6.45, 7) is 0.955. The summed E-state index contributed by atoms with van der Waals surface area (Å²) < 4.78 is 34.5. The molecule has 11 heteroatoms. The Labute approximate surface area is 288 Å². The Hall–Kier alpha value is -4.71. The molecule has 0 bridgehead atoms. The second-order valence-electron chi connectivity index (χ2n) is 14.1. The summed E-state index contributed by atoms with van der Waals surface area (Å²) in [5.74, 6) is -5.70. The predicted molar refractivity (Wildman–Crippen MR) is 178 cm³/mol. The van der Waals surface area contributed by atoms with Crippen LogP contribution in [0.3, 0.4) is 0 Å². The van der Waals surface area contributed by atoms with Crippen LogP contribution in [0.5, 0.6) is 11.6 Å². The summed E-state index contributed by atoms with van der Waals surface area (Å²) in [7, 11) is 3.51. The lowest BCUT2D eigenvalue weighted by molar-refractivity contribution is -0.153. The number of carbonyl (C=O) groups excluding carboxylic acids is 3. The third kappa shape index (κ3) is 5.09. The van der Waals surface area contributed by atoms with Crippen LogP contribution < -0.4 is 14.8 Å². The van der Waals surface area contributed by atoms with Gasteiger partial charge in [0.1, 0.15) is 30.3 Å². The summed E-state index contributed by atoms with van der Waals surface area (Å²) in [6.07, 6.45) is 1.80. The van der Waals surface area contributed by atoms with Gasteiger partial charge in [0.05, 0.1) is 17.5 Å². The molecule has 2 fully saturated rings. The van der Waals surface area contributed by atoms with E-state index < -0.39 is 52.6 Å². The maximum atomic E-state index is 16.6. The average Bonchev–Trinajstić information content (AvgIpc) is 3.81. The first-order valence-corrected chi connectivity index (χ1v) is 17.1. The molecule has 4 aromatic rings. The lowest BCUT2D eigenvalue weighted by Crippen LogP contribution is -2.66. The number of hydrogen-bond donors (Lipinski definition) is 2. The lowest BCUT2D eigenvalue weighted by Gasteiger charge is -2.51. The van der Waals surface area contributed by atoms with Crippen LogP contribution in [0.25, 0.3) is 0 Å². The van der Waals surface area contributed by atoms with Crippen LogP contribution in [-0.4, -0.2) is 58.8 Å². The van der Waals surface area contributed by atoms with E-state index in [1.165, 1.54) is 0 Å². The molecule has 2 heterocycles. The molecule has 0 radical (unpaired) electrons. The summed E-state index contributed by atoms with van der Waals surface area (Å²) in [6, 6.07) is 19.3. The molecule has 0 amide bonds. The highest BCUT2D eigenvalue weighted by molar-refractivity contribution is 6.26. The van der Waals surface area contributed by atoms with Crippen LogP contribution in [0.4, 0.5) is 4.39 Å². The summed E-state index contributed by atoms with van der Waals surface area (Å²) in [4.78, 5) is 45.3. The van der Waals surface area contributed by atoms with E-state index in [0.29, 0.717) is 5.56 Å². The smallest absolute Gasteiger partial charge is 0.265 e. The second-order valence-corrected chi connectivity index (χ2v) is 14.1. The minimum atomic E-state index is -2.57. The third-order valence-electron chi connectivity index (χ3n) is 10.9. The van der Waals surface area contributed by atoms with E-state index >= 15 is 4.39 Å². The lowest BCUT2D eigenvalue weighted by atomic mass is 9.54. The second kappa shape index (κ2) is 12.6. The van der Waals surface area contributed by atoms with Crippen molar-refractivity contribution >= 4 is 17.3 Å². The number of fused-ring (bicyclic) bond motifs is 4. The molecule has 4 aliphatic rings.